The molecule has 0 bridgehead atoms. The van der Waals surface area contributed by atoms with Crippen LogP contribution in [0.2, 0.25) is 0 Å². The van der Waals surface area contributed by atoms with Gasteiger partial charge >= 0.3 is 0 Å². The Kier molecular flexibility index (Phi) is 4.21. The fourth-order valence-electron chi connectivity index (χ4n) is 3.68. The second-order valence-corrected chi connectivity index (χ2v) is 6.93. The van der Waals surface area contributed by atoms with Crippen molar-refractivity contribution in [2.45, 2.75) is 26.6 Å². The number of nitrogens with zero attached hydrogens (tertiary/aromatic N) is 1. The van der Waals surface area contributed by atoms with Gasteiger partial charge in [-0.25, -0.2) is 0 Å². The zero-order chi connectivity index (χ0) is 18.1. The molecule has 0 fully saturated rings. The summed E-state index contributed by atoms with van der Waals surface area (Å²) in [7, 11) is 0. The predicted molar refractivity (Wildman–Crippen MR) is 105 cm³/mol. The van der Waals surface area contributed by atoms with Gasteiger partial charge in [-0.1, -0.05) is 54.6 Å². The maximum Gasteiger partial charge on any atom is 0.256 e. The molecule has 1 atom stereocenters. The molecule has 3 aromatic rings. The monoisotopic (exact) mass is 342 g/mol. The molecular formula is C23H22N2O. The van der Waals surface area contributed by atoms with Crippen molar-refractivity contribution in [1.82, 2.24) is 4.90 Å². The van der Waals surface area contributed by atoms with E-state index in [1.165, 1.54) is 11.1 Å². The molecule has 0 unspecified atom stereocenters. The number of carbonyl (C=O) groups excluding carboxylic acids is 1. The molecule has 1 aliphatic rings. The molecule has 26 heavy (non-hydrogen) atoms. The van der Waals surface area contributed by atoms with E-state index in [9.17, 15) is 4.79 Å². The molecule has 1 aliphatic heterocycles. The van der Waals surface area contributed by atoms with Crippen molar-refractivity contribution in [2.75, 3.05) is 5.32 Å². The van der Waals surface area contributed by atoms with Crippen LogP contribution in [0.25, 0.3) is 0 Å². The van der Waals surface area contributed by atoms with E-state index in [0.717, 1.165) is 22.4 Å². The maximum absolute atomic E-state index is 13.0. The predicted octanol–water partition coefficient (Wildman–Crippen LogP) is 5.07. The summed E-state index contributed by atoms with van der Waals surface area (Å²) < 4.78 is 0. The number of hydrogen-bond acceptors (Lipinski definition) is 2. The summed E-state index contributed by atoms with van der Waals surface area (Å²) in [6, 6.07) is 24.4. The number of fused-ring (bicyclic) bond motifs is 1. The van der Waals surface area contributed by atoms with Gasteiger partial charge in [0.1, 0.15) is 6.17 Å². The van der Waals surface area contributed by atoms with Crippen LogP contribution < -0.4 is 5.32 Å². The third kappa shape index (κ3) is 3.08. The van der Waals surface area contributed by atoms with Gasteiger partial charge in [0, 0.05) is 23.4 Å². The number of carbonyl (C=O) groups is 1. The average molecular weight is 342 g/mol. The number of benzene rings is 3. The van der Waals surface area contributed by atoms with Crippen molar-refractivity contribution in [1.29, 1.82) is 0 Å². The van der Waals surface area contributed by atoms with Crippen LogP contribution in [-0.4, -0.2) is 10.8 Å². The molecule has 1 heterocycles. The van der Waals surface area contributed by atoms with Gasteiger partial charge in [0.15, 0.2) is 0 Å². The molecule has 0 saturated carbocycles. The van der Waals surface area contributed by atoms with Crippen LogP contribution >= 0.6 is 0 Å². The summed E-state index contributed by atoms with van der Waals surface area (Å²) in [5, 5.41) is 3.58. The third-order valence-electron chi connectivity index (χ3n) is 4.78. The van der Waals surface area contributed by atoms with E-state index in [1.807, 2.05) is 47.4 Å². The fraction of sp³-hybridized carbons (Fsp3) is 0.174. The topological polar surface area (TPSA) is 32.3 Å². The van der Waals surface area contributed by atoms with Crippen LogP contribution in [0.4, 0.5) is 5.69 Å². The summed E-state index contributed by atoms with van der Waals surface area (Å²) >= 11 is 0. The maximum atomic E-state index is 13.0. The Balaban J connectivity index is 1.71. The minimum atomic E-state index is -0.167. The molecule has 1 amide bonds. The van der Waals surface area contributed by atoms with Gasteiger partial charge in [-0.15, -0.1) is 0 Å². The van der Waals surface area contributed by atoms with Crippen molar-refractivity contribution in [3.05, 3.63) is 101 Å². The molecule has 0 aromatic heterocycles. The smallest absolute Gasteiger partial charge is 0.256 e. The normalized spacial score (nSPS) is 15.8. The lowest BCUT2D eigenvalue weighted by atomic mass is 10.1. The molecule has 0 aliphatic carbocycles. The molecule has 130 valence electrons. The van der Waals surface area contributed by atoms with Crippen LogP contribution in [0.5, 0.6) is 0 Å². The van der Waals surface area contributed by atoms with E-state index >= 15 is 0 Å². The third-order valence-corrected chi connectivity index (χ3v) is 4.78. The Labute approximate surface area is 154 Å². The van der Waals surface area contributed by atoms with E-state index in [-0.39, 0.29) is 12.1 Å². The van der Waals surface area contributed by atoms with Crippen LogP contribution in [0, 0.1) is 13.8 Å². The van der Waals surface area contributed by atoms with Gasteiger partial charge in [0.2, 0.25) is 0 Å². The second kappa shape index (κ2) is 6.68. The Bertz CT molecular complexity index is 929. The first-order valence-corrected chi connectivity index (χ1v) is 8.90. The van der Waals surface area contributed by atoms with Gasteiger partial charge in [-0.05, 0) is 48.7 Å². The lowest BCUT2D eigenvalue weighted by Gasteiger charge is -2.27. The van der Waals surface area contributed by atoms with E-state index in [1.54, 1.807) is 0 Å². The second-order valence-electron chi connectivity index (χ2n) is 6.93. The van der Waals surface area contributed by atoms with Crippen molar-refractivity contribution in [3.8, 4) is 0 Å². The quantitative estimate of drug-likeness (QED) is 0.718. The van der Waals surface area contributed by atoms with Crippen LogP contribution in [0.15, 0.2) is 72.8 Å². The average Bonchev–Trinajstić information content (AvgIpc) is 2.88. The van der Waals surface area contributed by atoms with E-state index < -0.39 is 0 Å². The minimum Gasteiger partial charge on any atom is -0.361 e. The Morgan fingerprint density at radius 1 is 0.885 bits per heavy atom. The number of hydrogen-bond donors (Lipinski definition) is 1. The molecule has 4 rings (SSSR count). The standard InChI is InChI=1S/C23H22N2O/c1-16-12-17(2)14-19(13-16)24-22-20-10-6-7-11-21(20)23(26)25(22)15-18-8-4-3-5-9-18/h3-14,22,24H,15H2,1-2H3/t22-/m0/s1. The Morgan fingerprint density at radius 2 is 1.54 bits per heavy atom. The fourth-order valence-corrected chi connectivity index (χ4v) is 3.68. The first-order valence-electron chi connectivity index (χ1n) is 8.90. The highest BCUT2D eigenvalue weighted by Crippen LogP contribution is 2.35. The van der Waals surface area contributed by atoms with Gasteiger partial charge in [-0.2, -0.15) is 0 Å². The van der Waals surface area contributed by atoms with Crippen LogP contribution in [0.3, 0.4) is 0 Å². The number of anilines is 1. The molecule has 3 heteroatoms. The Hall–Kier alpha value is -3.07. The summed E-state index contributed by atoms with van der Waals surface area (Å²) in [5.74, 6) is 0.0753. The SMILES string of the molecule is Cc1cc(C)cc(N[C@@H]2c3ccccc3C(=O)N2Cc2ccccc2)c1. The summed E-state index contributed by atoms with van der Waals surface area (Å²) in [4.78, 5) is 14.9. The van der Waals surface area contributed by atoms with Crippen LogP contribution in [0.1, 0.15) is 38.8 Å². The Morgan fingerprint density at radius 3 is 2.27 bits per heavy atom. The zero-order valence-corrected chi connectivity index (χ0v) is 15.1. The summed E-state index contributed by atoms with van der Waals surface area (Å²) in [6.45, 7) is 4.76. The van der Waals surface area contributed by atoms with E-state index in [2.05, 4.69) is 49.5 Å². The molecule has 3 nitrogen and oxygen atoms in total. The first kappa shape index (κ1) is 16.4. The lowest BCUT2D eigenvalue weighted by Crippen LogP contribution is -2.31. The lowest BCUT2D eigenvalue weighted by molar-refractivity contribution is 0.0729. The van der Waals surface area contributed by atoms with Crippen molar-refractivity contribution in [2.24, 2.45) is 0 Å². The van der Waals surface area contributed by atoms with Gasteiger partial charge in [-0.3, -0.25) is 4.79 Å². The van der Waals surface area contributed by atoms with E-state index in [0.29, 0.717) is 6.54 Å². The highest BCUT2D eigenvalue weighted by Gasteiger charge is 2.36. The van der Waals surface area contributed by atoms with Crippen molar-refractivity contribution >= 4 is 11.6 Å². The molecular weight excluding hydrogens is 320 g/mol. The van der Waals surface area contributed by atoms with Crippen molar-refractivity contribution in [3.63, 3.8) is 0 Å². The van der Waals surface area contributed by atoms with Crippen molar-refractivity contribution < 1.29 is 4.79 Å². The molecule has 0 saturated heterocycles. The van der Waals surface area contributed by atoms with Gasteiger partial charge < -0.3 is 10.2 Å². The number of aryl methyl sites for hydroxylation is 2. The molecule has 1 N–H and O–H groups in total. The molecule has 3 aromatic carbocycles. The first-order chi connectivity index (χ1) is 12.6. The van der Waals surface area contributed by atoms with Gasteiger partial charge in [0.05, 0.1) is 0 Å². The molecule has 0 spiro atoms. The summed E-state index contributed by atoms with van der Waals surface area (Å²) in [5.41, 5.74) is 6.40. The number of nitrogens with one attached hydrogen (secondary N) is 1. The summed E-state index contributed by atoms with van der Waals surface area (Å²) in [6.07, 6.45) is -0.167. The van der Waals surface area contributed by atoms with Gasteiger partial charge in [0.25, 0.3) is 5.91 Å². The zero-order valence-electron chi connectivity index (χ0n) is 15.1. The number of amides is 1. The highest BCUT2D eigenvalue weighted by atomic mass is 16.2. The highest BCUT2D eigenvalue weighted by molar-refractivity contribution is 5.99. The van der Waals surface area contributed by atoms with Crippen LogP contribution in [-0.2, 0) is 6.54 Å². The minimum absolute atomic E-state index is 0.0753. The number of rotatable bonds is 4. The van der Waals surface area contributed by atoms with E-state index in [4.69, 9.17) is 0 Å². The largest absolute Gasteiger partial charge is 0.361 e. The molecule has 0 radical (unpaired) electrons.